The highest BCUT2D eigenvalue weighted by Gasteiger charge is 2.13. The maximum atomic E-state index is 12.6. The van der Waals surface area contributed by atoms with Crippen molar-refractivity contribution in [3.05, 3.63) is 77.4 Å². The number of nitrogens with one attached hydrogen (secondary N) is 1. The third-order valence-electron chi connectivity index (χ3n) is 5.20. The van der Waals surface area contributed by atoms with E-state index in [1.807, 2.05) is 56.3 Å². The van der Waals surface area contributed by atoms with Crippen LogP contribution in [0.2, 0.25) is 0 Å². The van der Waals surface area contributed by atoms with Crippen LogP contribution in [0.3, 0.4) is 0 Å². The number of thiazole rings is 1. The van der Waals surface area contributed by atoms with Gasteiger partial charge in [-0.1, -0.05) is 50.2 Å². The molecular formula is C26H26N2O2S. The number of rotatable bonds is 6. The predicted octanol–water partition coefficient (Wildman–Crippen LogP) is 6.72. The molecule has 5 heteroatoms. The Morgan fingerprint density at radius 1 is 1.06 bits per heavy atom. The number of anilines is 1. The first-order valence-corrected chi connectivity index (χ1v) is 11.2. The average molecular weight is 431 g/mol. The maximum Gasteiger partial charge on any atom is 0.262 e. The van der Waals surface area contributed by atoms with Crippen molar-refractivity contribution < 1.29 is 9.53 Å². The molecular weight excluding hydrogens is 404 g/mol. The smallest absolute Gasteiger partial charge is 0.262 e. The number of aromatic nitrogens is 1. The largest absolute Gasteiger partial charge is 0.483 e. The topological polar surface area (TPSA) is 51.2 Å². The van der Waals surface area contributed by atoms with E-state index in [1.165, 1.54) is 0 Å². The molecule has 0 radical (unpaired) electrons. The minimum atomic E-state index is -0.180. The molecule has 0 aliphatic rings. The number of fused-ring (bicyclic) bond motifs is 1. The van der Waals surface area contributed by atoms with Crippen LogP contribution in [0.4, 0.5) is 5.69 Å². The molecule has 0 saturated carbocycles. The number of benzene rings is 3. The van der Waals surface area contributed by atoms with Crippen molar-refractivity contribution in [2.24, 2.45) is 0 Å². The summed E-state index contributed by atoms with van der Waals surface area (Å²) in [5, 5.41) is 3.94. The van der Waals surface area contributed by atoms with Gasteiger partial charge in [-0.2, -0.15) is 0 Å². The van der Waals surface area contributed by atoms with Gasteiger partial charge in [-0.15, -0.1) is 11.3 Å². The quantitative estimate of drug-likeness (QED) is 0.369. The van der Waals surface area contributed by atoms with Crippen molar-refractivity contribution in [2.45, 2.75) is 33.6 Å². The molecule has 0 bridgehead atoms. The minimum Gasteiger partial charge on any atom is -0.483 e. The molecule has 0 atom stereocenters. The first kappa shape index (κ1) is 21.1. The molecule has 0 aliphatic heterocycles. The number of hydrogen-bond donors (Lipinski definition) is 1. The Morgan fingerprint density at radius 2 is 1.87 bits per heavy atom. The van der Waals surface area contributed by atoms with Crippen LogP contribution in [-0.2, 0) is 4.79 Å². The molecule has 0 aliphatic carbocycles. The molecule has 4 aromatic rings. The fourth-order valence-electron chi connectivity index (χ4n) is 3.46. The van der Waals surface area contributed by atoms with E-state index in [1.54, 1.807) is 11.3 Å². The van der Waals surface area contributed by atoms with Gasteiger partial charge in [0.1, 0.15) is 10.8 Å². The summed E-state index contributed by atoms with van der Waals surface area (Å²) in [6.07, 6.45) is 0. The molecule has 4 nitrogen and oxygen atoms in total. The van der Waals surface area contributed by atoms with Gasteiger partial charge < -0.3 is 10.1 Å². The van der Waals surface area contributed by atoms with Crippen LogP contribution in [0.15, 0.2) is 60.7 Å². The highest BCUT2D eigenvalue weighted by atomic mass is 32.1. The second-order valence-corrected chi connectivity index (χ2v) is 9.08. The first-order valence-electron chi connectivity index (χ1n) is 10.4. The lowest BCUT2D eigenvalue weighted by Gasteiger charge is -2.15. The number of nitrogens with zero attached hydrogens (tertiary/aromatic N) is 1. The van der Waals surface area contributed by atoms with E-state index in [0.29, 0.717) is 5.92 Å². The van der Waals surface area contributed by atoms with Gasteiger partial charge in [0.05, 0.1) is 10.2 Å². The number of amides is 1. The van der Waals surface area contributed by atoms with Crippen LogP contribution < -0.4 is 10.1 Å². The number of para-hydroxylation sites is 1. The Morgan fingerprint density at radius 3 is 2.65 bits per heavy atom. The number of hydrogen-bond acceptors (Lipinski definition) is 4. The number of carbonyl (C=O) groups excluding carboxylic acids is 1. The zero-order valence-corrected chi connectivity index (χ0v) is 19.0. The van der Waals surface area contributed by atoms with Crippen LogP contribution in [0, 0.1) is 13.8 Å². The van der Waals surface area contributed by atoms with Gasteiger partial charge in [-0.25, -0.2) is 4.98 Å². The fraction of sp³-hybridized carbons (Fsp3) is 0.231. The van der Waals surface area contributed by atoms with Crippen LogP contribution in [0.1, 0.15) is 36.5 Å². The Labute approximate surface area is 186 Å². The summed E-state index contributed by atoms with van der Waals surface area (Å²) in [7, 11) is 0. The molecule has 0 spiro atoms. The normalized spacial score (nSPS) is 11.1. The summed E-state index contributed by atoms with van der Waals surface area (Å²) in [4.78, 5) is 17.4. The van der Waals surface area contributed by atoms with Gasteiger partial charge in [0.25, 0.3) is 5.91 Å². The fourth-order valence-corrected chi connectivity index (χ4v) is 4.42. The molecule has 0 unspecified atom stereocenters. The zero-order valence-electron chi connectivity index (χ0n) is 18.2. The van der Waals surface area contributed by atoms with Gasteiger partial charge in [0.15, 0.2) is 6.61 Å². The second kappa shape index (κ2) is 8.90. The molecule has 1 N–H and O–H groups in total. The Bertz CT molecular complexity index is 1210. The molecule has 1 heterocycles. The zero-order chi connectivity index (χ0) is 22.0. The van der Waals surface area contributed by atoms with E-state index < -0.39 is 0 Å². The van der Waals surface area contributed by atoms with Crippen LogP contribution >= 0.6 is 11.3 Å². The molecule has 1 amide bonds. The Balaban J connectivity index is 1.50. The van der Waals surface area contributed by atoms with Crippen molar-refractivity contribution in [3.63, 3.8) is 0 Å². The summed E-state index contributed by atoms with van der Waals surface area (Å²) < 4.78 is 7.03. The third kappa shape index (κ3) is 4.78. The van der Waals surface area contributed by atoms with Crippen LogP contribution in [0.5, 0.6) is 5.75 Å². The van der Waals surface area contributed by atoms with E-state index in [9.17, 15) is 4.79 Å². The molecule has 1 aromatic heterocycles. The highest BCUT2D eigenvalue weighted by molar-refractivity contribution is 7.21. The van der Waals surface area contributed by atoms with E-state index in [4.69, 9.17) is 9.72 Å². The lowest BCUT2D eigenvalue weighted by atomic mass is 10.0. The molecule has 3 aromatic carbocycles. The predicted molar refractivity (Wildman–Crippen MR) is 129 cm³/mol. The Hall–Kier alpha value is -3.18. The standard InChI is InChI=1S/C26H26N2O2S/c1-16(2)20-12-9-17(3)13-23(20)30-15-25(29)27-22-14-19(11-10-18(22)4)26-28-21-7-5-6-8-24(21)31-26/h5-14,16H,15H2,1-4H3,(H,27,29). The van der Waals surface area contributed by atoms with Gasteiger partial charge >= 0.3 is 0 Å². The highest BCUT2D eigenvalue weighted by Crippen LogP contribution is 2.32. The third-order valence-corrected chi connectivity index (χ3v) is 6.29. The number of ether oxygens (including phenoxy) is 1. The van der Waals surface area contributed by atoms with Gasteiger partial charge in [-0.3, -0.25) is 4.79 Å². The molecule has 158 valence electrons. The molecule has 0 saturated heterocycles. The molecule has 31 heavy (non-hydrogen) atoms. The van der Waals surface area contributed by atoms with E-state index in [0.717, 1.165) is 48.9 Å². The minimum absolute atomic E-state index is 0.0338. The van der Waals surface area contributed by atoms with E-state index in [2.05, 4.69) is 37.4 Å². The summed E-state index contributed by atoms with van der Waals surface area (Å²) in [5.41, 5.74) is 5.96. The lowest BCUT2D eigenvalue weighted by molar-refractivity contribution is -0.118. The van der Waals surface area contributed by atoms with Gasteiger partial charge in [-0.05, 0) is 60.7 Å². The van der Waals surface area contributed by atoms with Gasteiger partial charge in [0.2, 0.25) is 0 Å². The van der Waals surface area contributed by atoms with E-state index in [-0.39, 0.29) is 12.5 Å². The van der Waals surface area contributed by atoms with Gasteiger partial charge in [0, 0.05) is 11.3 Å². The Kier molecular flexibility index (Phi) is 6.05. The lowest BCUT2D eigenvalue weighted by Crippen LogP contribution is -2.21. The van der Waals surface area contributed by atoms with Crippen molar-refractivity contribution >= 4 is 33.1 Å². The SMILES string of the molecule is Cc1ccc(C(C)C)c(OCC(=O)Nc2cc(-c3nc4ccccc4s3)ccc2C)c1. The van der Waals surface area contributed by atoms with Crippen molar-refractivity contribution in [2.75, 3.05) is 11.9 Å². The maximum absolute atomic E-state index is 12.6. The molecule has 4 rings (SSSR count). The average Bonchev–Trinajstić information content (AvgIpc) is 3.18. The summed E-state index contributed by atoms with van der Waals surface area (Å²) in [5.74, 6) is 0.914. The summed E-state index contributed by atoms with van der Waals surface area (Å²) in [6.45, 7) is 8.21. The van der Waals surface area contributed by atoms with E-state index >= 15 is 0 Å². The first-order chi connectivity index (χ1) is 14.9. The van der Waals surface area contributed by atoms with Crippen molar-refractivity contribution in [3.8, 4) is 16.3 Å². The number of aryl methyl sites for hydroxylation is 2. The van der Waals surface area contributed by atoms with Crippen molar-refractivity contribution in [1.29, 1.82) is 0 Å². The molecule has 0 fully saturated rings. The van der Waals surface area contributed by atoms with Crippen molar-refractivity contribution in [1.82, 2.24) is 4.98 Å². The monoisotopic (exact) mass is 430 g/mol. The number of carbonyl (C=O) groups is 1. The second-order valence-electron chi connectivity index (χ2n) is 8.05. The summed E-state index contributed by atoms with van der Waals surface area (Å²) >= 11 is 1.65. The van der Waals surface area contributed by atoms with Crippen LogP contribution in [-0.4, -0.2) is 17.5 Å². The summed E-state index contributed by atoms with van der Waals surface area (Å²) in [6, 6.07) is 20.3. The van der Waals surface area contributed by atoms with Crippen LogP contribution in [0.25, 0.3) is 20.8 Å².